The van der Waals surface area contributed by atoms with Crippen molar-refractivity contribution in [1.82, 2.24) is 9.21 Å². The van der Waals surface area contributed by atoms with Crippen molar-refractivity contribution >= 4 is 15.7 Å². The summed E-state index contributed by atoms with van der Waals surface area (Å²) in [6, 6.07) is 3.69. The molecule has 0 radical (unpaired) electrons. The zero-order chi connectivity index (χ0) is 15.6. The molecular formula is C15H25N3O2S. The second kappa shape index (κ2) is 6.34. The lowest BCUT2D eigenvalue weighted by atomic mass is 10.1. The summed E-state index contributed by atoms with van der Waals surface area (Å²) >= 11 is 0. The van der Waals surface area contributed by atoms with Gasteiger partial charge in [-0.05, 0) is 43.1 Å². The summed E-state index contributed by atoms with van der Waals surface area (Å²) in [6.07, 6.45) is 1.40. The predicted molar refractivity (Wildman–Crippen MR) is 85.9 cm³/mol. The van der Waals surface area contributed by atoms with Crippen LogP contribution in [0.1, 0.15) is 25.0 Å². The SMILES string of the molecule is CCc1cc(N)c(CC)c(S(=O)(=O)N2CCN(C)CC2)c1. The predicted octanol–water partition coefficient (Wildman–Crippen LogP) is 1.33. The van der Waals surface area contributed by atoms with Gasteiger partial charge in [-0.2, -0.15) is 4.31 Å². The number of sulfonamides is 1. The van der Waals surface area contributed by atoms with E-state index >= 15 is 0 Å². The first-order chi connectivity index (χ1) is 9.90. The summed E-state index contributed by atoms with van der Waals surface area (Å²) in [7, 11) is -1.45. The monoisotopic (exact) mass is 311 g/mol. The Labute approximate surface area is 127 Å². The van der Waals surface area contributed by atoms with E-state index in [1.54, 1.807) is 10.4 Å². The number of rotatable bonds is 4. The molecule has 1 saturated heterocycles. The number of aryl methyl sites for hydroxylation is 1. The number of piperazine rings is 1. The number of anilines is 1. The Morgan fingerprint density at radius 2 is 1.71 bits per heavy atom. The average Bonchev–Trinajstić information content (AvgIpc) is 2.46. The second-order valence-electron chi connectivity index (χ2n) is 5.58. The van der Waals surface area contributed by atoms with E-state index in [2.05, 4.69) is 4.90 Å². The molecule has 0 unspecified atom stereocenters. The fourth-order valence-electron chi connectivity index (χ4n) is 2.71. The first kappa shape index (κ1) is 16.3. The lowest BCUT2D eigenvalue weighted by Gasteiger charge is -2.32. The fraction of sp³-hybridized carbons (Fsp3) is 0.600. The minimum atomic E-state index is -3.46. The van der Waals surface area contributed by atoms with Crippen LogP contribution in [0, 0.1) is 0 Å². The van der Waals surface area contributed by atoms with Crippen molar-refractivity contribution < 1.29 is 8.42 Å². The van der Waals surface area contributed by atoms with Crippen molar-refractivity contribution in [1.29, 1.82) is 0 Å². The summed E-state index contributed by atoms with van der Waals surface area (Å²) in [5, 5.41) is 0. The zero-order valence-electron chi connectivity index (χ0n) is 13.1. The van der Waals surface area contributed by atoms with Crippen LogP contribution in [0.15, 0.2) is 17.0 Å². The van der Waals surface area contributed by atoms with Gasteiger partial charge in [0, 0.05) is 31.9 Å². The van der Waals surface area contributed by atoms with Crippen molar-refractivity contribution in [2.24, 2.45) is 0 Å². The van der Waals surface area contributed by atoms with Crippen LogP contribution in [0.3, 0.4) is 0 Å². The molecule has 5 nitrogen and oxygen atoms in total. The van der Waals surface area contributed by atoms with Gasteiger partial charge < -0.3 is 10.6 Å². The third-order valence-electron chi connectivity index (χ3n) is 4.15. The molecule has 0 aliphatic carbocycles. The van der Waals surface area contributed by atoms with E-state index < -0.39 is 10.0 Å². The summed E-state index contributed by atoms with van der Waals surface area (Å²) in [5.41, 5.74) is 8.36. The Balaban J connectivity index is 2.46. The van der Waals surface area contributed by atoms with Crippen molar-refractivity contribution in [3.8, 4) is 0 Å². The van der Waals surface area contributed by atoms with Crippen molar-refractivity contribution in [3.05, 3.63) is 23.3 Å². The topological polar surface area (TPSA) is 66.6 Å². The highest BCUT2D eigenvalue weighted by Crippen LogP contribution is 2.28. The highest BCUT2D eigenvalue weighted by atomic mass is 32.2. The van der Waals surface area contributed by atoms with Crippen LogP contribution in [0.5, 0.6) is 0 Å². The third kappa shape index (κ3) is 3.22. The molecule has 2 N–H and O–H groups in total. The fourth-order valence-corrected chi connectivity index (χ4v) is 4.50. The van der Waals surface area contributed by atoms with Crippen LogP contribution in [-0.4, -0.2) is 50.8 Å². The molecule has 1 aromatic carbocycles. The maximum absolute atomic E-state index is 12.9. The van der Waals surface area contributed by atoms with Gasteiger partial charge in [0.15, 0.2) is 0 Å². The summed E-state index contributed by atoms with van der Waals surface area (Å²) in [5.74, 6) is 0. The molecule has 1 aliphatic rings. The Bertz CT molecular complexity index is 606. The molecule has 0 amide bonds. The molecule has 0 bridgehead atoms. The molecule has 0 spiro atoms. The number of nitrogen functional groups attached to an aromatic ring is 1. The van der Waals surface area contributed by atoms with Gasteiger partial charge in [-0.1, -0.05) is 13.8 Å². The minimum Gasteiger partial charge on any atom is -0.398 e. The van der Waals surface area contributed by atoms with E-state index in [9.17, 15) is 8.42 Å². The van der Waals surface area contributed by atoms with E-state index in [1.165, 1.54) is 0 Å². The number of nitrogens with two attached hydrogens (primary N) is 1. The van der Waals surface area contributed by atoms with Gasteiger partial charge in [0.25, 0.3) is 0 Å². The van der Waals surface area contributed by atoms with Crippen LogP contribution in [0.2, 0.25) is 0 Å². The molecule has 0 atom stereocenters. The van der Waals surface area contributed by atoms with Crippen LogP contribution >= 0.6 is 0 Å². The molecule has 6 heteroatoms. The Kier molecular flexibility index (Phi) is 4.91. The number of nitrogens with zero attached hydrogens (tertiary/aromatic N) is 2. The average molecular weight is 311 g/mol. The van der Waals surface area contributed by atoms with Crippen molar-refractivity contribution in [2.75, 3.05) is 39.0 Å². The van der Waals surface area contributed by atoms with E-state index in [1.807, 2.05) is 27.0 Å². The number of likely N-dealkylation sites (N-methyl/N-ethyl adjacent to an activating group) is 1. The largest absolute Gasteiger partial charge is 0.398 e. The molecule has 1 aromatic rings. The molecule has 118 valence electrons. The minimum absolute atomic E-state index is 0.395. The summed E-state index contributed by atoms with van der Waals surface area (Å²) < 4.78 is 27.5. The highest BCUT2D eigenvalue weighted by Gasteiger charge is 2.30. The number of hydrogen-bond donors (Lipinski definition) is 1. The van der Waals surface area contributed by atoms with Crippen LogP contribution < -0.4 is 5.73 Å². The van der Waals surface area contributed by atoms with E-state index in [-0.39, 0.29) is 0 Å². The van der Waals surface area contributed by atoms with Gasteiger partial charge in [-0.15, -0.1) is 0 Å². The molecule has 21 heavy (non-hydrogen) atoms. The first-order valence-electron chi connectivity index (χ1n) is 7.50. The van der Waals surface area contributed by atoms with Gasteiger partial charge in [-0.25, -0.2) is 8.42 Å². The van der Waals surface area contributed by atoms with Crippen LogP contribution in [0.4, 0.5) is 5.69 Å². The normalized spacial score (nSPS) is 18.0. The smallest absolute Gasteiger partial charge is 0.243 e. The summed E-state index contributed by atoms with van der Waals surface area (Å²) in [4.78, 5) is 2.54. The molecular weight excluding hydrogens is 286 g/mol. The van der Waals surface area contributed by atoms with E-state index in [4.69, 9.17) is 5.73 Å². The maximum atomic E-state index is 12.9. The third-order valence-corrected chi connectivity index (χ3v) is 6.11. The van der Waals surface area contributed by atoms with E-state index in [0.29, 0.717) is 30.1 Å². The Morgan fingerprint density at radius 3 is 2.24 bits per heavy atom. The molecule has 1 aliphatic heterocycles. The first-order valence-corrected chi connectivity index (χ1v) is 8.94. The Hall–Kier alpha value is -1.11. The Morgan fingerprint density at radius 1 is 1.10 bits per heavy atom. The van der Waals surface area contributed by atoms with Gasteiger partial charge in [0.05, 0.1) is 4.90 Å². The van der Waals surface area contributed by atoms with Gasteiger partial charge >= 0.3 is 0 Å². The highest BCUT2D eigenvalue weighted by molar-refractivity contribution is 7.89. The van der Waals surface area contributed by atoms with E-state index in [0.717, 1.165) is 30.6 Å². The molecule has 0 saturated carbocycles. The standard InChI is InChI=1S/C15H25N3O2S/c1-4-12-10-14(16)13(5-2)15(11-12)21(19,20)18-8-6-17(3)7-9-18/h10-11H,4-9,16H2,1-3H3. The van der Waals surface area contributed by atoms with Gasteiger partial charge in [0.2, 0.25) is 10.0 Å². The number of benzene rings is 1. The second-order valence-corrected chi connectivity index (χ2v) is 7.48. The molecule has 0 aromatic heterocycles. The van der Waals surface area contributed by atoms with Crippen molar-refractivity contribution in [2.45, 2.75) is 31.6 Å². The number of hydrogen-bond acceptors (Lipinski definition) is 4. The zero-order valence-corrected chi connectivity index (χ0v) is 13.9. The maximum Gasteiger partial charge on any atom is 0.243 e. The quantitative estimate of drug-likeness (QED) is 0.852. The van der Waals surface area contributed by atoms with Gasteiger partial charge in [-0.3, -0.25) is 0 Å². The molecule has 1 fully saturated rings. The van der Waals surface area contributed by atoms with Crippen LogP contribution in [0.25, 0.3) is 0 Å². The summed E-state index contributed by atoms with van der Waals surface area (Å²) in [6.45, 7) is 6.57. The van der Waals surface area contributed by atoms with Crippen molar-refractivity contribution in [3.63, 3.8) is 0 Å². The van der Waals surface area contributed by atoms with Crippen LogP contribution in [-0.2, 0) is 22.9 Å². The van der Waals surface area contributed by atoms with Gasteiger partial charge in [0.1, 0.15) is 0 Å². The molecule has 1 heterocycles. The lowest BCUT2D eigenvalue weighted by Crippen LogP contribution is -2.47. The lowest BCUT2D eigenvalue weighted by molar-refractivity contribution is 0.222. The molecule has 2 rings (SSSR count).